The number of benzene rings is 1. The maximum Gasteiger partial charge on any atom is 0.229 e. The van der Waals surface area contributed by atoms with E-state index in [0.717, 1.165) is 30.0 Å². The number of aromatic nitrogens is 2. The molecule has 2 aromatic heterocycles. The van der Waals surface area contributed by atoms with Crippen molar-refractivity contribution in [3.8, 4) is 0 Å². The van der Waals surface area contributed by atoms with Gasteiger partial charge in [0.2, 0.25) is 5.91 Å². The number of piperazine rings is 1. The lowest BCUT2D eigenvalue weighted by Gasteiger charge is -2.36. The lowest BCUT2D eigenvalue weighted by atomic mass is 10.0. The van der Waals surface area contributed by atoms with Crippen LogP contribution in [0.5, 0.6) is 0 Å². The largest absolute Gasteiger partial charge is 0.333 e. The molecule has 1 atom stereocenters. The summed E-state index contributed by atoms with van der Waals surface area (Å²) < 4.78 is 1.94. The number of rotatable bonds is 3. The Kier molecular flexibility index (Phi) is 7.50. The van der Waals surface area contributed by atoms with Crippen LogP contribution < -0.4 is 5.32 Å². The van der Waals surface area contributed by atoms with Crippen molar-refractivity contribution in [1.82, 2.24) is 19.6 Å². The molecule has 5 nitrogen and oxygen atoms in total. The summed E-state index contributed by atoms with van der Waals surface area (Å²) in [5.41, 5.74) is 2.71. The van der Waals surface area contributed by atoms with Gasteiger partial charge in [-0.25, -0.2) is 4.98 Å². The Morgan fingerprint density at radius 1 is 1.22 bits per heavy atom. The van der Waals surface area contributed by atoms with Crippen LogP contribution in [0.3, 0.4) is 0 Å². The molecule has 1 saturated heterocycles. The molecule has 1 unspecified atom stereocenters. The van der Waals surface area contributed by atoms with Crippen molar-refractivity contribution in [2.75, 3.05) is 19.6 Å². The highest BCUT2D eigenvalue weighted by molar-refractivity contribution is 6.30. The van der Waals surface area contributed by atoms with Crippen LogP contribution in [-0.4, -0.2) is 39.8 Å². The lowest BCUT2D eigenvalue weighted by molar-refractivity contribution is -0.133. The highest BCUT2D eigenvalue weighted by Crippen LogP contribution is 2.25. The van der Waals surface area contributed by atoms with E-state index in [-0.39, 0.29) is 36.8 Å². The summed E-state index contributed by atoms with van der Waals surface area (Å²) in [7, 11) is 0. The summed E-state index contributed by atoms with van der Waals surface area (Å²) in [4.78, 5) is 19.4. The molecule has 1 aliphatic rings. The molecule has 8 heteroatoms. The first-order valence-corrected chi connectivity index (χ1v) is 8.77. The van der Waals surface area contributed by atoms with Crippen molar-refractivity contribution in [2.24, 2.45) is 0 Å². The molecule has 0 saturated carbocycles. The Morgan fingerprint density at radius 3 is 2.85 bits per heavy atom. The Labute approximate surface area is 175 Å². The Morgan fingerprint density at radius 2 is 2.07 bits per heavy atom. The van der Waals surface area contributed by atoms with Gasteiger partial charge in [0.15, 0.2) is 0 Å². The second-order valence-corrected chi connectivity index (χ2v) is 6.67. The van der Waals surface area contributed by atoms with E-state index in [4.69, 9.17) is 11.6 Å². The van der Waals surface area contributed by atoms with Crippen LogP contribution in [0.4, 0.5) is 0 Å². The third-order valence-electron chi connectivity index (χ3n) is 4.54. The first kappa shape index (κ1) is 21.5. The molecule has 4 rings (SSSR count). The number of carbonyl (C=O) groups excluding carboxylic acids is 1. The maximum absolute atomic E-state index is 12.9. The summed E-state index contributed by atoms with van der Waals surface area (Å²) in [5, 5.41) is 4.06. The molecule has 1 N–H and O–H groups in total. The van der Waals surface area contributed by atoms with E-state index in [0.29, 0.717) is 18.0 Å². The van der Waals surface area contributed by atoms with E-state index in [9.17, 15) is 4.79 Å². The predicted molar refractivity (Wildman–Crippen MR) is 112 cm³/mol. The van der Waals surface area contributed by atoms with Crippen LogP contribution >= 0.6 is 36.4 Å². The highest BCUT2D eigenvalue weighted by Gasteiger charge is 2.28. The van der Waals surface area contributed by atoms with Crippen LogP contribution in [0.2, 0.25) is 5.02 Å². The SMILES string of the molecule is Cl.Cl.O=C(Cc1cn2ccccc2n1)N1CCNCC1c1cccc(Cl)c1. The molecular formula is C19H21Cl3N4O. The first-order valence-electron chi connectivity index (χ1n) is 8.39. The fourth-order valence-electron chi connectivity index (χ4n) is 3.34. The number of hydrogen-bond donors (Lipinski definition) is 1. The van der Waals surface area contributed by atoms with Gasteiger partial charge in [-0.15, -0.1) is 24.8 Å². The standard InChI is InChI=1S/C19H19ClN4O.2ClH/c20-15-5-3-4-14(10-15)17-12-21-7-9-24(17)19(25)11-16-13-23-8-2-1-6-18(23)22-16;;/h1-6,8,10,13,17,21H,7,9,11-12H2;2*1H. The fraction of sp³-hybridized carbons (Fsp3) is 0.263. The molecule has 1 aliphatic heterocycles. The van der Waals surface area contributed by atoms with Crippen LogP contribution in [0.15, 0.2) is 54.9 Å². The van der Waals surface area contributed by atoms with Crippen molar-refractivity contribution in [3.05, 3.63) is 71.1 Å². The summed E-state index contributed by atoms with van der Waals surface area (Å²) in [6, 6.07) is 13.6. The number of halogens is 3. The van der Waals surface area contributed by atoms with Crippen LogP contribution in [0.1, 0.15) is 17.3 Å². The monoisotopic (exact) mass is 426 g/mol. The van der Waals surface area contributed by atoms with Gasteiger partial charge >= 0.3 is 0 Å². The molecule has 1 amide bonds. The second kappa shape index (κ2) is 9.42. The number of amides is 1. The maximum atomic E-state index is 12.9. The van der Waals surface area contributed by atoms with E-state index in [2.05, 4.69) is 10.3 Å². The average Bonchev–Trinajstić information content (AvgIpc) is 3.04. The molecule has 0 bridgehead atoms. The van der Waals surface area contributed by atoms with E-state index < -0.39 is 0 Å². The molecule has 0 aliphatic carbocycles. The second-order valence-electron chi connectivity index (χ2n) is 6.24. The first-order chi connectivity index (χ1) is 12.2. The zero-order chi connectivity index (χ0) is 17.2. The normalized spacial score (nSPS) is 16.5. The summed E-state index contributed by atoms with van der Waals surface area (Å²) >= 11 is 6.13. The van der Waals surface area contributed by atoms with E-state index in [1.54, 1.807) is 0 Å². The van der Waals surface area contributed by atoms with Crippen LogP contribution in [0, 0.1) is 0 Å². The van der Waals surface area contributed by atoms with E-state index in [1.807, 2.05) is 64.2 Å². The van der Waals surface area contributed by atoms with Crippen molar-refractivity contribution in [3.63, 3.8) is 0 Å². The minimum absolute atomic E-state index is 0. The van der Waals surface area contributed by atoms with Crippen molar-refractivity contribution >= 4 is 48.0 Å². The van der Waals surface area contributed by atoms with Crippen LogP contribution in [-0.2, 0) is 11.2 Å². The van der Waals surface area contributed by atoms with Gasteiger partial charge in [0.1, 0.15) is 5.65 Å². The van der Waals surface area contributed by atoms with Gasteiger partial charge in [0, 0.05) is 37.1 Å². The molecule has 3 aromatic rings. The van der Waals surface area contributed by atoms with Gasteiger partial charge in [-0.05, 0) is 29.8 Å². The average molecular weight is 428 g/mol. The minimum atomic E-state index is -0.00279. The Bertz CT molecular complexity index is 882. The van der Waals surface area contributed by atoms with Crippen molar-refractivity contribution in [2.45, 2.75) is 12.5 Å². The molecule has 1 fully saturated rings. The third kappa shape index (κ3) is 4.74. The van der Waals surface area contributed by atoms with Gasteiger partial charge in [0.05, 0.1) is 18.2 Å². The van der Waals surface area contributed by atoms with Gasteiger partial charge < -0.3 is 14.6 Å². The number of pyridine rings is 1. The molecule has 144 valence electrons. The molecular weight excluding hydrogens is 407 g/mol. The number of nitrogens with zero attached hydrogens (tertiary/aromatic N) is 3. The van der Waals surface area contributed by atoms with Crippen LogP contribution in [0.25, 0.3) is 5.65 Å². The van der Waals surface area contributed by atoms with E-state index in [1.165, 1.54) is 0 Å². The van der Waals surface area contributed by atoms with Gasteiger partial charge in [-0.1, -0.05) is 29.8 Å². The number of carbonyl (C=O) groups is 1. The van der Waals surface area contributed by atoms with E-state index >= 15 is 0 Å². The number of nitrogens with one attached hydrogen (secondary N) is 1. The molecule has 3 heterocycles. The Hall–Kier alpha value is -1.79. The highest BCUT2D eigenvalue weighted by atomic mass is 35.5. The molecule has 27 heavy (non-hydrogen) atoms. The fourth-order valence-corrected chi connectivity index (χ4v) is 3.54. The number of hydrogen-bond acceptors (Lipinski definition) is 3. The minimum Gasteiger partial charge on any atom is -0.333 e. The van der Waals surface area contributed by atoms with Gasteiger partial charge in [-0.2, -0.15) is 0 Å². The summed E-state index contributed by atoms with van der Waals surface area (Å²) in [6.45, 7) is 2.22. The van der Waals surface area contributed by atoms with Gasteiger partial charge in [-0.3, -0.25) is 4.79 Å². The number of fused-ring (bicyclic) bond motifs is 1. The number of imidazole rings is 1. The summed E-state index contributed by atoms with van der Waals surface area (Å²) in [5.74, 6) is 0.0925. The van der Waals surface area contributed by atoms with Crippen molar-refractivity contribution in [1.29, 1.82) is 0 Å². The van der Waals surface area contributed by atoms with Crippen molar-refractivity contribution < 1.29 is 4.79 Å². The summed E-state index contributed by atoms with van der Waals surface area (Å²) in [6.07, 6.45) is 4.17. The zero-order valence-electron chi connectivity index (χ0n) is 14.5. The quantitative estimate of drug-likeness (QED) is 0.695. The predicted octanol–water partition coefficient (Wildman–Crippen LogP) is 3.55. The third-order valence-corrected chi connectivity index (χ3v) is 4.78. The molecule has 0 radical (unpaired) electrons. The molecule has 1 aromatic carbocycles. The smallest absolute Gasteiger partial charge is 0.229 e. The zero-order valence-corrected chi connectivity index (χ0v) is 16.9. The molecule has 0 spiro atoms. The lowest BCUT2D eigenvalue weighted by Crippen LogP contribution is -2.49. The topological polar surface area (TPSA) is 49.6 Å². The van der Waals surface area contributed by atoms with Gasteiger partial charge in [0.25, 0.3) is 0 Å². The Balaban J connectivity index is 0.00000131.